The standard InChI is InChI=1S/C24H18FN5O3/c25-17-8-2-1-7-16(17)18-12-13-23(32)30(29-18)15-22(31)27-19-9-3-4-10-20(19)28-24(33)21-11-5-6-14-26-21/h1-14H,15H2,(H,27,31)(H,28,33). The molecule has 0 fully saturated rings. The summed E-state index contributed by atoms with van der Waals surface area (Å²) in [5, 5.41) is 9.49. The normalized spacial score (nSPS) is 10.5. The predicted molar refractivity (Wildman–Crippen MR) is 121 cm³/mol. The minimum absolute atomic E-state index is 0.217. The smallest absolute Gasteiger partial charge is 0.274 e. The Morgan fingerprint density at radius 1 is 0.848 bits per heavy atom. The van der Waals surface area contributed by atoms with Gasteiger partial charge in [0.25, 0.3) is 11.5 Å². The van der Waals surface area contributed by atoms with Crippen LogP contribution in [0.1, 0.15) is 10.5 Å². The first-order chi connectivity index (χ1) is 16.0. The Kier molecular flexibility index (Phi) is 6.31. The second kappa shape index (κ2) is 9.65. The van der Waals surface area contributed by atoms with E-state index in [4.69, 9.17) is 0 Å². The summed E-state index contributed by atoms with van der Waals surface area (Å²) in [6.07, 6.45) is 1.50. The Bertz CT molecular complexity index is 1370. The molecule has 0 saturated heterocycles. The lowest BCUT2D eigenvalue weighted by molar-refractivity contribution is -0.117. The molecule has 0 aliphatic rings. The molecule has 0 radical (unpaired) electrons. The van der Waals surface area contributed by atoms with Crippen LogP contribution < -0.4 is 16.2 Å². The first-order valence-electron chi connectivity index (χ1n) is 9.95. The highest BCUT2D eigenvalue weighted by atomic mass is 19.1. The van der Waals surface area contributed by atoms with Crippen molar-refractivity contribution in [2.45, 2.75) is 6.54 Å². The summed E-state index contributed by atoms with van der Waals surface area (Å²) in [7, 11) is 0. The van der Waals surface area contributed by atoms with Gasteiger partial charge in [-0.3, -0.25) is 19.4 Å². The lowest BCUT2D eigenvalue weighted by Gasteiger charge is -2.13. The minimum Gasteiger partial charge on any atom is -0.323 e. The molecule has 2 aromatic heterocycles. The van der Waals surface area contributed by atoms with Gasteiger partial charge in [0, 0.05) is 17.8 Å². The number of carbonyl (C=O) groups is 2. The maximum absolute atomic E-state index is 14.1. The number of hydrogen-bond acceptors (Lipinski definition) is 5. The molecular formula is C24H18FN5O3. The number of nitrogens with one attached hydrogen (secondary N) is 2. The summed E-state index contributed by atoms with van der Waals surface area (Å²) < 4.78 is 15.0. The molecule has 2 amide bonds. The molecule has 0 aliphatic carbocycles. The highest BCUT2D eigenvalue weighted by molar-refractivity contribution is 6.06. The molecule has 8 nitrogen and oxygen atoms in total. The van der Waals surface area contributed by atoms with Crippen LogP contribution in [0.15, 0.2) is 89.9 Å². The van der Waals surface area contributed by atoms with Gasteiger partial charge in [-0.25, -0.2) is 9.07 Å². The van der Waals surface area contributed by atoms with Crippen molar-refractivity contribution >= 4 is 23.2 Å². The largest absolute Gasteiger partial charge is 0.323 e. The summed E-state index contributed by atoms with van der Waals surface area (Å²) >= 11 is 0. The molecule has 0 bridgehead atoms. The summed E-state index contributed by atoms with van der Waals surface area (Å²) in [4.78, 5) is 41.3. The monoisotopic (exact) mass is 443 g/mol. The van der Waals surface area contributed by atoms with Crippen LogP contribution in [-0.4, -0.2) is 26.6 Å². The number of aromatic nitrogens is 3. The van der Waals surface area contributed by atoms with E-state index in [9.17, 15) is 18.8 Å². The zero-order valence-electron chi connectivity index (χ0n) is 17.2. The number of pyridine rings is 1. The van der Waals surface area contributed by atoms with Gasteiger partial charge in [0.1, 0.15) is 18.1 Å². The van der Waals surface area contributed by atoms with E-state index in [1.807, 2.05) is 0 Å². The number of anilines is 2. The van der Waals surface area contributed by atoms with Crippen LogP contribution in [0.5, 0.6) is 0 Å². The Balaban J connectivity index is 1.51. The van der Waals surface area contributed by atoms with Crippen LogP contribution in [0.25, 0.3) is 11.3 Å². The predicted octanol–water partition coefficient (Wildman–Crippen LogP) is 3.34. The molecule has 33 heavy (non-hydrogen) atoms. The molecule has 2 aromatic carbocycles. The van der Waals surface area contributed by atoms with E-state index in [1.165, 1.54) is 30.5 Å². The fraction of sp³-hybridized carbons (Fsp3) is 0.0417. The first kappa shape index (κ1) is 21.6. The van der Waals surface area contributed by atoms with E-state index >= 15 is 0 Å². The SMILES string of the molecule is O=C(Cn1nc(-c2ccccc2F)ccc1=O)Nc1ccccc1NC(=O)c1ccccn1. The number of para-hydroxylation sites is 2. The number of halogens is 1. The van der Waals surface area contributed by atoms with Gasteiger partial charge in [-0.15, -0.1) is 0 Å². The van der Waals surface area contributed by atoms with Crippen molar-refractivity contribution in [1.82, 2.24) is 14.8 Å². The van der Waals surface area contributed by atoms with Gasteiger partial charge < -0.3 is 10.6 Å². The molecule has 2 N–H and O–H groups in total. The van der Waals surface area contributed by atoms with Crippen molar-refractivity contribution in [2.75, 3.05) is 10.6 Å². The number of carbonyl (C=O) groups excluding carboxylic acids is 2. The van der Waals surface area contributed by atoms with Crippen molar-refractivity contribution in [3.63, 3.8) is 0 Å². The molecular weight excluding hydrogens is 425 g/mol. The second-order valence-corrected chi connectivity index (χ2v) is 6.96. The van der Waals surface area contributed by atoms with Gasteiger partial charge >= 0.3 is 0 Å². The molecule has 4 aromatic rings. The molecule has 0 atom stereocenters. The van der Waals surface area contributed by atoms with E-state index < -0.39 is 29.7 Å². The Hall–Kier alpha value is -4.66. The van der Waals surface area contributed by atoms with Crippen molar-refractivity contribution in [1.29, 1.82) is 0 Å². The van der Waals surface area contributed by atoms with Crippen molar-refractivity contribution < 1.29 is 14.0 Å². The van der Waals surface area contributed by atoms with E-state index in [2.05, 4.69) is 20.7 Å². The van der Waals surface area contributed by atoms with Gasteiger partial charge in [-0.1, -0.05) is 30.3 Å². The summed E-state index contributed by atoms with van der Waals surface area (Å²) in [5.41, 5.74) is 0.853. The van der Waals surface area contributed by atoms with Gasteiger partial charge in [-0.2, -0.15) is 5.10 Å². The zero-order chi connectivity index (χ0) is 23.2. The lowest BCUT2D eigenvalue weighted by atomic mass is 10.1. The first-order valence-corrected chi connectivity index (χ1v) is 9.95. The molecule has 0 aliphatic heterocycles. The maximum atomic E-state index is 14.1. The van der Waals surface area contributed by atoms with Crippen LogP contribution >= 0.6 is 0 Å². The fourth-order valence-electron chi connectivity index (χ4n) is 3.09. The van der Waals surface area contributed by atoms with E-state index in [0.29, 0.717) is 11.4 Å². The number of benzene rings is 2. The van der Waals surface area contributed by atoms with Crippen LogP contribution in [-0.2, 0) is 11.3 Å². The van der Waals surface area contributed by atoms with Crippen molar-refractivity contribution in [3.8, 4) is 11.3 Å². The van der Waals surface area contributed by atoms with E-state index in [1.54, 1.807) is 54.6 Å². The van der Waals surface area contributed by atoms with Gasteiger partial charge in [0.05, 0.1) is 17.1 Å². The van der Waals surface area contributed by atoms with Gasteiger partial charge in [0.15, 0.2) is 0 Å². The number of amides is 2. The van der Waals surface area contributed by atoms with Crippen LogP contribution in [0.4, 0.5) is 15.8 Å². The van der Waals surface area contributed by atoms with Gasteiger partial charge in [-0.05, 0) is 42.5 Å². The van der Waals surface area contributed by atoms with Crippen molar-refractivity contribution in [3.05, 3.63) is 107 Å². The highest BCUT2D eigenvalue weighted by Gasteiger charge is 2.14. The third-order valence-corrected chi connectivity index (χ3v) is 4.66. The average molecular weight is 443 g/mol. The van der Waals surface area contributed by atoms with Crippen LogP contribution in [0.3, 0.4) is 0 Å². The molecule has 0 saturated carbocycles. The van der Waals surface area contributed by atoms with E-state index in [0.717, 1.165) is 4.68 Å². The molecule has 164 valence electrons. The van der Waals surface area contributed by atoms with Crippen LogP contribution in [0, 0.1) is 5.82 Å². The molecule has 2 heterocycles. The Labute approximate surface area is 187 Å². The number of rotatable bonds is 6. The van der Waals surface area contributed by atoms with Crippen LogP contribution in [0.2, 0.25) is 0 Å². The lowest BCUT2D eigenvalue weighted by Crippen LogP contribution is -2.29. The molecule has 0 unspecified atom stereocenters. The summed E-state index contributed by atoms with van der Waals surface area (Å²) in [6, 6.07) is 20.2. The number of nitrogens with zero attached hydrogens (tertiary/aromatic N) is 3. The zero-order valence-corrected chi connectivity index (χ0v) is 17.2. The minimum atomic E-state index is -0.546. The molecule has 0 spiro atoms. The topological polar surface area (TPSA) is 106 Å². The quantitative estimate of drug-likeness (QED) is 0.476. The molecule has 9 heteroatoms. The Morgan fingerprint density at radius 3 is 2.27 bits per heavy atom. The third kappa shape index (κ3) is 5.16. The number of hydrogen-bond donors (Lipinski definition) is 2. The highest BCUT2D eigenvalue weighted by Crippen LogP contribution is 2.22. The van der Waals surface area contributed by atoms with E-state index in [-0.39, 0.29) is 17.0 Å². The maximum Gasteiger partial charge on any atom is 0.274 e. The Morgan fingerprint density at radius 2 is 1.55 bits per heavy atom. The van der Waals surface area contributed by atoms with Gasteiger partial charge in [0.2, 0.25) is 5.91 Å². The molecule has 4 rings (SSSR count). The average Bonchev–Trinajstić information content (AvgIpc) is 2.83. The third-order valence-electron chi connectivity index (χ3n) is 4.66. The second-order valence-electron chi connectivity index (χ2n) is 6.96. The van der Waals surface area contributed by atoms with Crippen molar-refractivity contribution in [2.24, 2.45) is 0 Å². The summed E-state index contributed by atoms with van der Waals surface area (Å²) in [5.74, 6) is -1.47. The summed E-state index contributed by atoms with van der Waals surface area (Å²) in [6.45, 7) is -0.399. The fourth-order valence-corrected chi connectivity index (χ4v) is 3.09.